The number of hydrogen-bond acceptors (Lipinski definition) is 3. The van der Waals surface area contributed by atoms with Crippen LogP contribution in [-0.2, 0) is 6.54 Å². The summed E-state index contributed by atoms with van der Waals surface area (Å²) in [5.41, 5.74) is 2.39. The maximum absolute atomic E-state index is 5.43. The molecule has 0 aliphatic carbocycles. The van der Waals surface area contributed by atoms with Crippen molar-refractivity contribution < 1.29 is 4.74 Å². The third-order valence-corrected chi connectivity index (χ3v) is 3.04. The van der Waals surface area contributed by atoms with Gasteiger partial charge in [0, 0.05) is 18.0 Å². The minimum absolute atomic E-state index is 0.180. The molecule has 0 aliphatic heterocycles. The molecule has 0 aliphatic rings. The normalized spacial score (nSPS) is 12.4. The number of nitrogens with one attached hydrogen (secondary N) is 1. The maximum Gasteiger partial charge on any atom is 0.123 e. The lowest BCUT2D eigenvalue weighted by atomic mass is 10.0. The minimum atomic E-state index is 0.180. The highest BCUT2D eigenvalue weighted by Gasteiger charge is 2.15. The Kier molecular flexibility index (Phi) is 3.99. The number of ether oxygens (including phenoxy) is 1. The molecule has 96 valence electrons. The molecule has 0 amide bonds. The van der Waals surface area contributed by atoms with E-state index < -0.39 is 0 Å². The van der Waals surface area contributed by atoms with Crippen LogP contribution in [0.25, 0.3) is 0 Å². The van der Waals surface area contributed by atoms with Gasteiger partial charge in [0.05, 0.1) is 19.7 Å². The molecule has 2 rings (SSSR count). The van der Waals surface area contributed by atoms with E-state index >= 15 is 0 Å². The molecule has 1 unspecified atom stereocenters. The van der Waals surface area contributed by atoms with Crippen LogP contribution in [0.5, 0.6) is 5.75 Å². The molecule has 1 atom stereocenters. The van der Waals surface area contributed by atoms with Crippen LogP contribution in [0.15, 0.2) is 36.7 Å². The first kappa shape index (κ1) is 12.6. The van der Waals surface area contributed by atoms with E-state index in [2.05, 4.69) is 29.5 Å². The highest BCUT2D eigenvalue weighted by atomic mass is 16.5. The first-order valence-corrected chi connectivity index (χ1v) is 6.04. The van der Waals surface area contributed by atoms with Gasteiger partial charge in [-0.15, -0.1) is 0 Å². The summed E-state index contributed by atoms with van der Waals surface area (Å²) in [5.74, 6) is 0.909. The van der Waals surface area contributed by atoms with Crippen LogP contribution in [0.3, 0.4) is 0 Å². The van der Waals surface area contributed by atoms with Gasteiger partial charge in [-0.1, -0.05) is 17.7 Å². The lowest BCUT2D eigenvalue weighted by Crippen LogP contribution is -2.23. The Balaban J connectivity index is 2.28. The maximum atomic E-state index is 5.43. The highest BCUT2D eigenvalue weighted by Crippen LogP contribution is 2.27. The number of benzene rings is 1. The van der Waals surface area contributed by atoms with Gasteiger partial charge in [0.15, 0.2) is 0 Å². The van der Waals surface area contributed by atoms with E-state index in [9.17, 15) is 0 Å². The quantitative estimate of drug-likeness (QED) is 0.877. The number of methoxy groups -OCH3 is 1. The van der Waals surface area contributed by atoms with Crippen molar-refractivity contribution in [1.82, 2.24) is 15.1 Å². The van der Waals surface area contributed by atoms with Crippen LogP contribution in [0.4, 0.5) is 0 Å². The molecule has 2 aromatic rings. The number of nitrogens with zero attached hydrogens (tertiary/aromatic N) is 2. The first-order chi connectivity index (χ1) is 8.74. The van der Waals surface area contributed by atoms with Gasteiger partial charge in [0.1, 0.15) is 5.75 Å². The van der Waals surface area contributed by atoms with Gasteiger partial charge in [-0.25, -0.2) is 0 Å². The molecule has 1 heterocycles. The minimum Gasteiger partial charge on any atom is -0.496 e. The molecule has 4 nitrogen and oxygen atoms in total. The van der Waals surface area contributed by atoms with E-state index in [0.29, 0.717) is 0 Å². The SMILES string of the molecule is CNC(Cn1cccn1)c1cc(C)ccc1OC. The molecule has 0 bridgehead atoms. The Hall–Kier alpha value is -1.81. The third kappa shape index (κ3) is 2.71. The Bertz CT molecular complexity index is 494. The zero-order valence-electron chi connectivity index (χ0n) is 11.1. The van der Waals surface area contributed by atoms with E-state index in [0.717, 1.165) is 17.9 Å². The van der Waals surface area contributed by atoms with Crippen molar-refractivity contribution in [2.24, 2.45) is 0 Å². The second kappa shape index (κ2) is 5.69. The fourth-order valence-corrected chi connectivity index (χ4v) is 2.07. The Morgan fingerprint density at radius 1 is 1.44 bits per heavy atom. The monoisotopic (exact) mass is 245 g/mol. The molecule has 0 fully saturated rings. The molecule has 4 heteroatoms. The molecule has 1 N–H and O–H groups in total. The zero-order valence-corrected chi connectivity index (χ0v) is 11.1. The number of aryl methyl sites for hydroxylation is 1. The molecule has 0 radical (unpaired) electrons. The van der Waals surface area contributed by atoms with Crippen molar-refractivity contribution >= 4 is 0 Å². The van der Waals surface area contributed by atoms with Gasteiger partial charge in [0.2, 0.25) is 0 Å². The predicted molar refractivity (Wildman–Crippen MR) is 71.8 cm³/mol. The van der Waals surface area contributed by atoms with Gasteiger partial charge in [0.25, 0.3) is 0 Å². The average molecular weight is 245 g/mol. The Morgan fingerprint density at radius 2 is 2.28 bits per heavy atom. The standard InChI is InChI=1S/C14H19N3O/c1-11-5-6-14(18-3)12(9-11)13(15-2)10-17-8-4-7-16-17/h4-9,13,15H,10H2,1-3H3. The summed E-state index contributed by atoms with van der Waals surface area (Å²) in [4.78, 5) is 0. The summed E-state index contributed by atoms with van der Waals surface area (Å²) in [7, 11) is 3.66. The van der Waals surface area contributed by atoms with Gasteiger partial charge >= 0.3 is 0 Å². The van der Waals surface area contributed by atoms with E-state index in [-0.39, 0.29) is 6.04 Å². The topological polar surface area (TPSA) is 39.1 Å². The first-order valence-electron chi connectivity index (χ1n) is 6.04. The fraction of sp³-hybridized carbons (Fsp3) is 0.357. The van der Waals surface area contributed by atoms with Crippen LogP contribution in [0.1, 0.15) is 17.2 Å². The van der Waals surface area contributed by atoms with Crippen molar-refractivity contribution in [1.29, 1.82) is 0 Å². The molecule has 0 saturated carbocycles. The van der Waals surface area contributed by atoms with E-state index in [4.69, 9.17) is 4.74 Å². The fourth-order valence-electron chi connectivity index (χ4n) is 2.07. The summed E-state index contributed by atoms with van der Waals surface area (Å²) < 4.78 is 7.35. The van der Waals surface area contributed by atoms with Gasteiger partial charge in [-0.3, -0.25) is 4.68 Å². The van der Waals surface area contributed by atoms with E-state index in [1.807, 2.05) is 30.1 Å². The lowest BCUT2D eigenvalue weighted by Gasteiger charge is -2.20. The summed E-state index contributed by atoms with van der Waals surface area (Å²) in [6, 6.07) is 8.34. The molecule has 1 aromatic carbocycles. The van der Waals surface area contributed by atoms with E-state index in [1.54, 1.807) is 13.3 Å². The summed E-state index contributed by atoms with van der Waals surface area (Å²) >= 11 is 0. The zero-order chi connectivity index (χ0) is 13.0. The summed E-state index contributed by atoms with van der Waals surface area (Å²) in [6.45, 7) is 2.87. The highest BCUT2D eigenvalue weighted by molar-refractivity contribution is 5.39. The van der Waals surface area contributed by atoms with Crippen molar-refractivity contribution in [3.63, 3.8) is 0 Å². The van der Waals surface area contributed by atoms with Crippen LogP contribution < -0.4 is 10.1 Å². The smallest absolute Gasteiger partial charge is 0.123 e. The largest absolute Gasteiger partial charge is 0.496 e. The molecular formula is C14H19N3O. The molecular weight excluding hydrogens is 226 g/mol. The van der Waals surface area contributed by atoms with Crippen LogP contribution in [0, 0.1) is 6.92 Å². The molecule has 0 spiro atoms. The number of hydrogen-bond donors (Lipinski definition) is 1. The third-order valence-electron chi connectivity index (χ3n) is 3.04. The van der Waals surface area contributed by atoms with E-state index in [1.165, 1.54) is 5.56 Å². The van der Waals surface area contributed by atoms with Crippen LogP contribution >= 0.6 is 0 Å². The van der Waals surface area contributed by atoms with Crippen LogP contribution in [-0.4, -0.2) is 23.9 Å². The van der Waals surface area contributed by atoms with Gasteiger partial charge in [-0.2, -0.15) is 5.10 Å². The Morgan fingerprint density at radius 3 is 2.89 bits per heavy atom. The number of rotatable bonds is 5. The number of likely N-dealkylation sites (N-methyl/N-ethyl adjacent to an activating group) is 1. The molecule has 18 heavy (non-hydrogen) atoms. The summed E-state index contributed by atoms with van der Waals surface area (Å²) in [6.07, 6.45) is 3.76. The molecule has 0 saturated heterocycles. The molecule has 1 aromatic heterocycles. The second-order valence-corrected chi connectivity index (χ2v) is 4.31. The van der Waals surface area contributed by atoms with Gasteiger partial charge in [-0.05, 0) is 26.1 Å². The van der Waals surface area contributed by atoms with Crippen molar-refractivity contribution in [2.45, 2.75) is 19.5 Å². The second-order valence-electron chi connectivity index (χ2n) is 4.31. The van der Waals surface area contributed by atoms with Crippen molar-refractivity contribution in [3.05, 3.63) is 47.8 Å². The van der Waals surface area contributed by atoms with Crippen LogP contribution in [0.2, 0.25) is 0 Å². The van der Waals surface area contributed by atoms with Crippen molar-refractivity contribution in [3.8, 4) is 5.75 Å². The average Bonchev–Trinajstić information content (AvgIpc) is 2.88. The number of aromatic nitrogens is 2. The lowest BCUT2D eigenvalue weighted by molar-refractivity contribution is 0.390. The van der Waals surface area contributed by atoms with Crippen molar-refractivity contribution in [2.75, 3.05) is 14.2 Å². The van der Waals surface area contributed by atoms with Gasteiger partial charge < -0.3 is 10.1 Å². The summed E-state index contributed by atoms with van der Waals surface area (Å²) in [5, 5.41) is 7.56. The Labute approximate surface area is 108 Å². The predicted octanol–water partition coefficient (Wildman–Crippen LogP) is 2.16.